The molecule has 0 amide bonds. The van der Waals surface area contributed by atoms with Crippen molar-refractivity contribution >= 4 is 17.6 Å². The van der Waals surface area contributed by atoms with Gasteiger partial charge in [0.05, 0.1) is 6.20 Å². The molecule has 0 aliphatic carbocycles. The molecule has 0 atom stereocenters. The van der Waals surface area contributed by atoms with Crippen molar-refractivity contribution in [1.29, 1.82) is 0 Å². The van der Waals surface area contributed by atoms with Crippen LogP contribution in [0.2, 0.25) is 0 Å². The fourth-order valence-electron chi connectivity index (χ4n) is 1.31. The largest absolute Gasteiger partial charge is 0.456 e. The first-order valence-corrected chi connectivity index (χ1v) is 5.06. The number of aromatic nitrogens is 4. The van der Waals surface area contributed by atoms with Gasteiger partial charge in [0.2, 0.25) is 5.95 Å². The summed E-state index contributed by atoms with van der Waals surface area (Å²) >= 11 is 0. The maximum atomic E-state index is 11.9. The highest BCUT2D eigenvalue weighted by Crippen LogP contribution is 2.15. The number of carbonyl (C=O) groups excluding carboxylic acids is 1. The standard InChI is InChI=1S/C10H13N5O2/c1-10(2,3)17-8(16)6-4-14-15-7(6)12-5-13-9(15)11/h4-5H,1-3H3,(H2,11,12,13). The number of hydrogen-bond donors (Lipinski definition) is 1. The minimum atomic E-state index is -0.566. The summed E-state index contributed by atoms with van der Waals surface area (Å²) < 4.78 is 6.53. The Morgan fingerprint density at radius 3 is 2.76 bits per heavy atom. The second kappa shape index (κ2) is 3.69. The smallest absolute Gasteiger partial charge is 0.344 e. The predicted octanol–water partition coefficient (Wildman–Crippen LogP) is 0.662. The number of ether oxygens (including phenoxy) is 1. The highest BCUT2D eigenvalue weighted by Gasteiger charge is 2.22. The molecule has 90 valence electrons. The molecule has 0 saturated heterocycles. The van der Waals surface area contributed by atoms with Crippen LogP contribution in [0.5, 0.6) is 0 Å². The number of carbonyl (C=O) groups is 1. The second-order valence-corrected chi connectivity index (χ2v) is 4.53. The Kier molecular flexibility index (Phi) is 2.45. The molecule has 17 heavy (non-hydrogen) atoms. The Balaban J connectivity index is 2.43. The first-order chi connectivity index (χ1) is 7.88. The van der Waals surface area contributed by atoms with E-state index in [0.717, 1.165) is 0 Å². The van der Waals surface area contributed by atoms with Gasteiger partial charge in [-0.05, 0) is 20.8 Å². The molecule has 0 unspecified atom stereocenters. The summed E-state index contributed by atoms with van der Waals surface area (Å²) in [4.78, 5) is 19.6. The van der Waals surface area contributed by atoms with E-state index in [0.29, 0.717) is 5.65 Å². The first kappa shape index (κ1) is 11.3. The van der Waals surface area contributed by atoms with Crippen LogP contribution >= 0.6 is 0 Å². The van der Waals surface area contributed by atoms with Crippen molar-refractivity contribution in [1.82, 2.24) is 19.6 Å². The molecule has 0 bridgehead atoms. The first-order valence-electron chi connectivity index (χ1n) is 5.06. The van der Waals surface area contributed by atoms with Crippen molar-refractivity contribution in [2.45, 2.75) is 26.4 Å². The van der Waals surface area contributed by atoms with Crippen LogP contribution in [0.15, 0.2) is 12.5 Å². The molecule has 0 radical (unpaired) electrons. The van der Waals surface area contributed by atoms with Gasteiger partial charge in [-0.2, -0.15) is 9.61 Å². The van der Waals surface area contributed by atoms with Crippen molar-refractivity contribution in [2.24, 2.45) is 0 Å². The third-order valence-electron chi connectivity index (χ3n) is 1.95. The topological polar surface area (TPSA) is 95.4 Å². The van der Waals surface area contributed by atoms with Gasteiger partial charge in [0.1, 0.15) is 17.5 Å². The van der Waals surface area contributed by atoms with Crippen LogP contribution in [0.3, 0.4) is 0 Å². The van der Waals surface area contributed by atoms with Crippen molar-refractivity contribution in [2.75, 3.05) is 5.73 Å². The SMILES string of the molecule is CC(C)(C)OC(=O)c1cnn2c(N)ncnc12. The van der Waals surface area contributed by atoms with Gasteiger partial charge in [0.25, 0.3) is 0 Å². The molecule has 0 saturated carbocycles. The summed E-state index contributed by atoms with van der Waals surface area (Å²) in [6.07, 6.45) is 2.65. The lowest BCUT2D eigenvalue weighted by Gasteiger charge is -2.18. The quantitative estimate of drug-likeness (QED) is 0.729. The van der Waals surface area contributed by atoms with Gasteiger partial charge in [-0.3, -0.25) is 0 Å². The zero-order valence-corrected chi connectivity index (χ0v) is 9.84. The van der Waals surface area contributed by atoms with Crippen molar-refractivity contribution in [3.8, 4) is 0 Å². The molecular weight excluding hydrogens is 222 g/mol. The van der Waals surface area contributed by atoms with E-state index in [4.69, 9.17) is 10.5 Å². The fourth-order valence-corrected chi connectivity index (χ4v) is 1.31. The normalized spacial score (nSPS) is 11.7. The molecule has 0 aliphatic rings. The number of esters is 1. The van der Waals surface area contributed by atoms with Gasteiger partial charge in [0.15, 0.2) is 5.65 Å². The van der Waals surface area contributed by atoms with E-state index >= 15 is 0 Å². The zero-order chi connectivity index (χ0) is 12.6. The third-order valence-corrected chi connectivity index (χ3v) is 1.95. The van der Waals surface area contributed by atoms with E-state index in [1.54, 1.807) is 20.8 Å². The number of hydrogen-bond acceptors (Lipinski definition) is 6. The summed E-state index contributed by atoms with van der Waals surface area (Å²) in [5, 5.41) is 3.94. The van der Waals surface area contributed by atoms with Gasteiger partial charge in [-0.1, -0.05) is 0 Å². The molecule has 7 nitrogen and oxygen atoms in total. The Morgan fingerprint density at radius 1 is 1.41 bits per heavy atom. The average Bonchev–Trinajstić information content (AvgIpc) is 2.60. The Morgan fingerprint density at radius 2 is 2.12 bits per heavy atom. The molecule has 2 heterocycles. The number of fused-ring (bicyclic) bond motifs is 1. The Bertz CT molecular complexity index is 570. The second-order valence-electron chi connectivity index (χ2n) is 4.53. The lowest BCUT2D eigenvalue weighted by Crippen LogP contribution is -2.23. The Hall–Kier alpha value is -2.18. The van der Waals surface area contributed by atoms with Crippen molar-refractivity contribution < 1.29 is 9.53 Å². The molecule has 2 rings (SSSR count). The van der Waals surface area contributed by atoms with E-state index in [1.807, 2.05) is 0 Å². The summed E-state index contributed by atoms with van der Waals surface area (Å²) in [5.41, 5.74) is 5.64. The molecular formula is C10H13N5O2. The minimum Gasteiger partial charge on any atom is -0.456 e. The third kappa shape index (κ3) is 2.17. The van der Waals surface area contributed by atoms with Crippen LogP contribution in [0.4, 0.5) is 5.95 Å². The number of nitrogen functional groups attached to an aromatic ring is 1. The van der Waals surface area contributed by atoms with Crippen LogP contribution in [0, 0.1) is 0 Å². The van der Waals surface area contributed by atoms with E-state index in [1.165, 1.54) is 17.0 Å². The van der Waals surface area contributed by atoms with Gasteiger partial charge in [0, 0.05) is 0 Å². The van der Waals surface area contributed by atoms with Gasteiger partial charge in [-0.15, -0.1) is 0 Å². The molecule has 0 aromatic carbocycles. The maximum absolute atomic E-state index is 11.9. The molecule has 7 heteroatoms. The Labute approximate surface area is 97.6 Å². The highest BCUT2D eigenvalue weighted by molar-refractivity contribution is 5.95. The molecule has 0 fully saturated rings. The minimum absolute atomic E-state index is 0.171. The molecule has 2 aromatic rings. The lowest BCUT2D eigenvalue weighted by atomic mass is 10.2. The molecule has 0 spiro atoms. The van der Waals surface area contributed by atoms with Crippen LogP contribution in [-0.2, 0) is 4.74 Å². The number of nitrogens with two attached hydrogens (primary N) is 1. The molecule has 2 aromatic heterocycles. The summed E-state index contributed by atoms with van der Waals surface area (Å²) in [5.74, 6) is -0.310. The summed E-state index contributed by atoms with van der Waals surface area (Å²) in [7, 11) is 0. The van der Waals surface area contributed by atoms with E-state index in [-0.39, 0.29) is 11.5 Å². The van der Waals surface area contributed by atoms with E-state index < -0.39 is 11.6 Å². The monoisotopic (exact) mass is 235 g/mol. The zero-order valence-electron chi connectivity index (χ0n) is 9.84. The predicted molar refractivity (Wildman–Crippen MR) is 60.4 cm³/mol. The van der Waals surface area contributed by atoms with Crippen molar-refractivity contribution in [3.63, 3.8) is 0 Å². The van der Waals surface area contributed by atoms with Crippen LogP contribution in [0.1, 0.15) is 31.1 Å². The van der Waals surface area contributed by atoms with Gasteiger partial charge in [-0.25, -0.2) is 14.8 Å². The van der Waals surface area contributed by atoms with E-state index in [9.17, 15) is 4.79 Å². The average molecular weight is 235 g/mol. The summed E-state index contributed by atoms with van der Waals surface area (Å²) in [6, 6.07) is 0. The summed E-state index contributed by atoms with van der Waals surface area (Å²) in [6.45, 7) is 5.37. The number of nitrogens with zero attached hydrogens (tertiary/aromatic N) is 4. The van der Waals surface area contributed by atoms with Crippen LogP contribution in [-0.4, -0.2) is 31.2 Å². The number of rotatable bonds is 1. The van der Waals surface area contributed by atoms with Gasteiger partial charge >= 0.3 is 5.97 Å². The lowest BCUT2D eigenvalue weighted by molar-refractivity contribution is 0.00716. The molecule has 2 N–H and O–H groups in total. The number of anilines is 1. The fraction of sp³-hybridized carbons (Fsp3) is 0.400. The molecule has 0 aliphatic heterocycles. The van der Waals surface area contributed by atoms with Gasteiger partial charge < -0.3 is 10.5 Å². The van der Waals surface area contributed by atoms with Crippen LogP contribution < -0.4 is 5.73 Å². The van der Waals surface area contributed by atoms with E-state index in [2.05, 4.69) is 15.1 Å². The van der Waals surface area contributed by atoms with Crippen molar-refractivity contribution in [3.05, 3.63) is 18.1 Å². The highest BCUT2D eigenvalue weighted by atomic mass is 16.6. The maximum Gasteiger partial charge on any atom is 0.344 e. The van der Waals surface area contributed by atoms with Crippen LogP contribution in [0.25, 0.3) is 5.65 Å².